The number of likely N-dealkylation sites (N-methyl/N-ethyl adjacent to an activating group) is 1. The van der Waals surface area contributed by atoms with Gasteiger partial charge in [0, 0.05) is 13.1 Å². The molecule has 1 aromatic rings. The van der Waals surface area contributed by atoms with Crippen molar-refractivity contribution in [2.24, 2.45) is 5.73 Å². The average molecular weight is 234 g/mol. The third kappa shape index (κ3) is 2.86. The number of aliphatic hydroxyl groups excluding tert-OH is 1. The zero-order chi connectivity index (χ0) is 12.3. The zero-order valence-corrected chi connectivity index (χ0v) is 10.5. The molecule has 0 saturated carbocycles. The highest BCUT2D eigenvalue weighted by atomic mass is 16.3. The molecule has 0 saturated heterocycles. The molecule has 3 N–H and O–H groups in total. The van der Waals surface area contributed by atoms with Gasteiger partial charge in [-0.05, 0) is 42.6 Å². The summed E-state index contributed by atoms with van der Waals surface area (Å²) < 4.78 is 0. The second-order valence-corrected chi connectivity index (χ2v) is 4.74. The van der Waals surface area contributed by atoms with E-state index in [2.05, 4.69) is 24.0 Å². The third-order valence-electron chi connectivity index (χ3n) is 3.59. The van der Waals surface area contributed by atoms with Crippen LogP contribution in [0.15, 0.2) is 18.2 Å². The molecule has 1 unspecified atom stereocenters. The quantitative estimate of drug-likeness (QED) is 0.829. The van der Waals surface area contributed by atoms with Crippen LogP contribution in [0.3, 0.4) is 0 Å². The molecular weight excluding hydrogens is 212 g/mol. The van der Waals surface area contributed by atoms with Gasteiger partial charge in [0.1, 0.15) is 0 Å². The third-order valence-corrected chi connectivity index (χ3v) is 3.59. The van der Waals surface area contributed by atoms with E-state index < -0.39 is 6.10 Å². The van der Waals surface area contributed by atoms with E-state index >= 15 is 0 Å². The number of nitrogens with zero attached hydrogens (tertiary/aromatic N) is 1. The first kappa shape index (κ1) is 12.6. The van der Waals surface area contributed by atoms with Crippen molar-refractivity contribution < 1.29 is 5.11 Å². The first-order valence-electron chi connectivity index (χ1n) is 6.46. The first-order valence-corrected chi connectivity index (χ1v) is 6.46. The predicted octanol–water partition coefficient (Wildman–Crippen LogP) is 1.45. The Kier molecular flexibility index (Phi) is 4.15. The number of aliphatic hydroxyl groups is 1. The van der Waals surface area contributed by atoms with Crippen molar-refractivity contribution in [1.82, 2.24) is 4.90 Å². The molecule has 0 fully saturated rings. The Morgan fingerprint density at radius 1 is 1.41 bits per heavy atom. The average Bonchev–Trinajstić information content (AvgIpc) is 2.37. The Bertz CT molecular complexity index is 378. The van der Waals surface area contributed by atoms with Crippen molar-refractivity contribution in [2.75, 3.05) is 19.6 Å². The summed E-state index contributed by atoms with van der Waals surface area (Å²) in [5.41, 5.74) is 9.28. The number of fused-ring (bicyclic) bond motifs is 1. The van der Waals surface area contributed by atoms with Crippen LogP contribution in [0.1, 0.15) is 36.1 Å². The minimum Gasteiger partial charge on any atom is -0.388 e. The Morgan fingerprint density at radius 2 is 2.24 bits per heavy atom. The van der Waals surface area contributed by atoms with Gasteiger partial charge < -0.3 is 10.8 Å². The monoisotopic (exact) mass is 234 g/mol. The van der Waals surface area contributed by atoms with Crippen LogP contribution in [-0.4, -0.2) is 29.6 Å². The van der Waals surface area contributed by atoms with Crippen LogP contribution in [0.2, 0.25) is 0 Å². The van der Waals surface area contributed by atoms with Gasteiger partial charge in [-0.1, -0.05) is 25.1 Å². The maximum atomic E-state index is 9.93. The lowest BCUT2D eigenvalue weighted by Gasteiger charge is -2.28. The van der Waals surface area contributed by atoms with Crippen LogP contribution < -0.4 is 5.73 Å². The summed E-state index contributed by atoms with van der Waals surface area (Å²) in [4.78, 5) is 2.44. The Balaban J connectivity index is 2.15. The number of hydrogen-bond acceptors (Lipinski definition) is 3. The van der Waals surface area contributed by atoms with E-state index in [1.54, 1.807) is 0 Å². The standard InChI is InChI=1S/C14H22N2O/c1-2-16-8-6-11-9-12(14(17)5-7-15)3-4-13(11)10-16/h3-4,9,14,17H,2,5-8,10,15H2,1H3. The molecule has 1 heterocycles. The molecule has 0 aromatic heterocycles. The van der Waals surface area contributed by atoms with Crippen molar-refractivity contribution in [1.29, 1.82) is 0 Å². The second-order valence-electron chi connectivity index (χ2n) is 4.74. The molecule has 17 heavy (non-hydrogen) atoms. The van der Waals surface area contributed by atoms with Crippen LogP contribution >= 0.6 is 0 Å². The van der Waals surface area contributed by atoms with E-state index in [0.717, 1.165) is 31.6 Å². The second kappa shape index (κ2) is 5.63. The molecule has 1 aromatic carbocycles. The molecule has 3 nitrogen and oxygen atoms in total. The fourth-order valence-corrected chi connectivity index (χ4v) is 2.43. The van der Waals surface area contributed by atoms with Crippen molar-refractivity contribution >= 4 is 0 Å². The summed E-state index contributed by atoms with van der Waals surface area (Å²) in [5, 5.41) is 9.93. The molecule has 1 aliphatic heterocycles. The van der Waals surface area contributed by atoms with E-state index in [1.165, 1.54) is 11.1 Å². The van der Waals surface area contributed by atoms with E-state index in [0.29, 0.717) is 13.0 Å². The molecule has 0 aliphatic carbocycles. The van der Waals surface area contributed by atoms with Crippen LogP contribution in [-0.2, 0) is 13.0 Å². The SMILES string of the molecule is CCN1CCc2cc(C(O)CCN)ccc2C1. The first-order chi connectivity index (χ1) is 8.24. The molecule has 2 rings (SSSR count). The van der Waals surface area contributed by atoms with Gasteiger partial charge in [-0.15, -0.1) is 0 Å². The van der Waals surface area contributed by atoms with Crippen molar-refractivity contribution in [2.45, 2.75) is 32.4 Å². The summed E-state index contributed by atoms with van der Waals surface area (Å²) >= 11 is 0. The molecule has 3 heteroatoms. The maximum absolute atomic E-state index is 9.93. The van der Waals surface area contributed by atoms with Crippen molar-refractivity contribution in [3.63, 3.8) is 0 Å². The van der Waals surface area contributed by atoms with Crippen LogP contribution in [0.4, 0.5) is 0 Å². The zero-order valence-electron chi connectivity index (χ0n) is 10.5. The van der Waals surface area contributed by atoms with Crippen LogP contribution in [0.25, 0.3) is 0 Å². The fraction of sp³-hybridized carbons (Fsp3) is 0.571. The van der Waals surface area contributed by atoms with Gasteiger partial charge in [0.25, 0.3) is 0 Å². The number of benzene rings is 1. The molecule has 0 spiro atoms. The van der Waals surface area contributed by atoms with E-state index in [1.807, 2.05) is 6.07 Å². The molecule has 1 atom stereocenters. The molecule has 1 aliphatic rings. The smallest absolute Gasteiger partial charge is 0.0802 e. The van der Waals surface area contributed by atoms with Crippen molar-refractivity contribution in [3.05, 3.63) is 34.9 Å². The lowest BCUT2D eigenvalue weighted by Crippen LogP contribution is -2.30. The largest absolute Gasteiger partial charge is 0.388 e. The summed E-state index contributed by atoms with van der Waals surface area (Å²) in [6, 6.07) is 6.35. The van der Waals surface area contributed by atoms with E-state index in [4.69, 9.17) is 5.73 Å². The number of rotatable bonds is 4. The van der Waals surface area contributed by atoms with Gasteiger partial charge in [-0.3, -0.25) is 4.90 Å². The van der Waals surface area contributed by atoms with Gasteiger partial charge >= 0.3 is 0 Å². The highest BCUT2D eigenvalue weighted by Gasteiger charge is 2.16. The van der Waals surface area contributed by atoms with Gasteiger partial charge in [-0.2, -0.15) is 0 Å². The normalized spacial score (nSPS) is 17.8. The molecule has 0 bridgehead atoms. The lowest BCUT2D eigenvalue weighted by atomic mass is 9.95. The van der Waals surface area contributed by atoms with E-state index in [9.17, 15) is 5.11 Å². The molecular formula is C14H22N2O. The van der Waals surface area contributed by atoms with Gasteiger partial charge in [0.05, 0.1) is 6.10 Å². The number of hydrogen-bond donors (Lipinski definition) is 2. The minimum absolute atomic E-state index is 0.408. The van der Waals surface area contributed by atoms with Gasteiger partial charge in [-0.25, -0.2) is 0 Å². The Morgan fingerprint density at radius 3 is 2.94 bits per heavy atom. The predicted molar refractivity (Wildman–Crippen MR) is 69.7 cm³/mol. The Hall–Kier alpha value is -0.900. The fourth-order valence-electron chi connectivity index (χ4n) is 2.43. The van der Waals surface area contributed by atoms with E-state index in [-0.39, 0.29) is 0 Å². The minimum atomic E-state index is -0.408. The number of nitrogens with two attached hydrogens (primary N) is 1. The summed E-state index contributed by atoms with van der Waals surface area (Å²) in [7, 11) is 0. The highest BCUT2D eigenvalue weighted by molar-refractivity contribution is 5.34. The summed E-state index contributed by atoms with van der Waals surface area (Å²) in [5.74, 6) is 0. The summed E-state index contributed by atoms with van der Waals surface area (Å²) in [6.07, 6.45) is 1.32. The topological polar surface area (TPSA) is 49.5 Å². The van der Waals surface area contributed by atoms with Crippen molar-refractivity contribution in [3.8, 4) is 0 Å². The van der Waals surface area contributed by atoms with Gasteiger partial charge in [0.15, 0.2) is 0 Å². The molecule has 0 radical (unpaired) electrons. The van der Waals surface area contributed by atoms with Crippen LogP contribution in [0.5, 0.6) is 0 Å². The maximum Gasteiger partial charge on any atom is 0.0802 e. The summed E-state index contributed by atoms with van der Waals surface area (Å²) in [6.45, 7) is 6.00. The van der Waals surface area contributed by atoms with Crippen LogP contribution in [0, 0.1) is 0 Å². The highest BCUT2D eigenvalue weighted by Crippen LogP contribution is 2.24. The molecule has 0 amide bonds. The molecule has 94 valence electrons. The Labute approximate surface area is 103 Å². The van der Waals surface area contributed by atoms with Gasteiger partial charge in [0.2, 0.25) is 0 Å². The lowest BCUT2D eigenvalue weighted by molar-refractivity contribution is 0.170.